The number of hydrogen-bond acceptors (Lipinski definition) is 4. The highest BCUT2D eigenvalue weighted by Crippen LogP contribution is 2.10. The van der Waals surface area contributed by atoms with E-state index in [4.69, 9.17) is 0 Å². The summed E-state index contributed by atoms with van der Waals surface area (Å²) < 4.78 is 1.55. The molecule has 0 saturated carbocycles. The summed E-state index contributed by atoms with van der Waals surface area (Å²) in [6.45, 7) is 0.565. The SMILES string of the molecule is O=[N+]([O-])c1ccc(C=[N+]2CCC([O-])=N2)cc1. The van der Waals surface area contributed by atoms with Crippen LogP contribution in [0.1, 0.15) is 12.0 Å². The molecule has 1 aliphatic rings. The second kappa shape index (κ2) is 4.09. The minimum absolute atomic E-state index is 0.0478. The molecule has 0 aliphatic carbocycles. The smallest absolute Gasteiger partial charge is 0.269 e. The fourth-order valence-corrected chi connectivity index (χ4v) is 1.40. The molecule has 1 aromatic carbocycles. The Morgan fingerprint density at radius 2 is 2.06 bits per heavy atom. The van der Waals surface area contributed by atoms with Crippen molar-refractivity contribution in [1.29, 1.82) is 0 Å². The van der Waals surface area contributed by atoms with Crippen LogP contribution in [0, 0.1) is 10.1 Å². The van der Waals surface area contributed by atoms with Crippen LogP contribution in [0.15, 0.2) is 29.4 Å². The number of non-ortho nitro benzene ring substituents is 1. The average molecular weight is 219 g/mol. The molecule has 82 valence electrons. The van der Waals surface area contributed by atoms with E-state index in [1.807, 2.05) is 0 Å². The van der Waals surface area contributed by atoms with Crippen LogP contribution < -0.4 is 5.11 Å². The molecular formula is C10H9N3O3. The van der Waals surface area contributed by atoms with Gasteiger partial charge in [-0.15, -0.1) is 0 Å². The topological polar surface area (TPSA) is 81.6 Å². The molecule has 6 nitrogen and oxygen atoms in total. The van der Waals surface area contributed by atoms with E-state index >= 15 is 0 Å². The molecule has 0 bridgehead atoms. The molecule has 2 rings (SSSR count). The predicted molar refractivity (Wildman–Crippen MR) is 55.4 cm³/mol. The van der Waals surface area contributed by atoms with E-state index in [-0.39, 0.29) is 11.6 Å². The molecule has 6 heteroatoms. The normalized spacial score (nSPS) is 17.5. The van der Waals surface area contributed by atoms with Crippen molar-refractivity contribution in [1.82, 2.24) is 0 Å². The minimum atomic E-state index is -0.451. The van der Waals surface area contributed by atoms with E-state index in [0.29, 0.717) is 13.0 Å². The summed E-state index contributed by atoms with van der Waals surface area (Å²) in [5.74, 6) is -0.141. The summed E-state index contributed by atoms with van der Waals surface area (Å²) in [5.41, 5.74) is 0.829. The van der Waals surface area contributed by atoms with Gasteiger partial charge >= 0.3 is 0 Å². The van der Waals surface area contributed by atoms with Crippen LogP contribution in [-0.2, 0) is 0 Å². The van der Waals surface area contributed by atoms with Crippen LogP contribution in [0.4, 0.5) is 5.69 Å². The quantitative estimate of drug-likeness (QED) is 0.402. The standard InChI is InChI=1S/C10H9N3O3/c14-10-5-6-12(11-10)7-8-1-3-9(4-2-8)13(15)16/h1-4,7H,5-6H2. The van der Waals surface area contributed by atoms with Gasteiger partial charge in [-0.1, -0.05) is 4.68 Å². The van der Waals surface area contributed by atoms with Crippen LogP contribution in [0.3, 0.4) is 0 Å². The van der Waals surface area contributed by atoms with Gasteiger partial charge in [0.05, 0.1) is 4.92 Å². The zero-order chi connectivity index (χ0) is 11.5. The Morgan fingerprint density at radius 3 is 2.56 bits per heavy atom. The van der Waals surface area contributed by atoms with Crippen LogP contribution in [0.2, 0.25) is 0 Å². The van der Waals surface area contributed by atoms with Crippen molar-refractivity contribution in [3.63, 3.8) is 0 Å². The zero-order valence-corrected chi connectivity index (χ0v) is 8.37. The van der Waals surface area contributed by atoms with Gasteiger partial charge in [0.25, 0.3) is 5.69 Å². The van der Waals surface area contributed by atoms with Gasteiger partial charge in [-0.05, 0) is 17.2 Å². The first-order valence-electron chi connectivity index (χ1n) is 4.75. The van der Waals surface area contributed by atoms with Gasteiger partial charge in [0.1, 0.15) is 0 Å². The molecule has 0 spiro atoms. The minimum Gasteiger partial charge on any atom is -0.857 e. The maximum atomic E-state index is 10.9. The van der Waals surface area contributed by atoms with Crippen LogP contribution in [-0.4, -0.2) is 28.3 Å². The molecule has 1 aromatic rings. The third-order valence-electron chi connectivity index (χ3n) is 2.20. The van der Waals surface area contributed by atoms with Gasteiger partial charge in [0, 0.05) is 30.0 Å². The molecule has 0 radical (unpaired) electrons. The Morgan fingerprint density at radius 1 is 1.38 bits per heavy atom. The summed E-state index contributed by atoms with van der Waals surface area (Å²) in [7, 11) is 0. The molecule has 1 aliphatic heterocycles. The molecule has 0 unspecified atom stereocenters. The Bertz CT molecular complexity index is 477. The summed E-state index contributed by atoms with van der Waals surface area (Å²) in [6.07, 6.45) is 2.11. The van der Waals surface area contributed by atoms with Crippen LogP contribution in [0.25, 0.3) is 0 Å². The predicted octanol–water partition coefficient (Wildman–Crippen LogP) is 0.104. The van der Waals surface area contributed by atoms with Crippen molar-refractivity contribution in [2.45, 2.75) is 6.42 Å². The van der Waals surface area contributed by atoms with Gasteiger partial charge in [-0.2, -0.15) is 0 Å². The molecular weight excluding hydrogens is 210 g/mol. The van der Waals surface area contributed by atoms with Gasteiger partial charge in [-0.25, -0.2) is 0 Å². The monoisotopic (exact) mass is 219 g/mol. The molecule has 1 heterocycles. The number of nitro groups is 1. The third kappa shape index (κ3) is 2.22. The highest BCUT2D eigenvalue weighted by atomic mass is 16.6. The third-order valence-corrected chi connectivity index (χ3v) is 2.20. The summed E-state index contributed by atoms with van der Waals surface area (Å²) in [6, 6.07) is 6.08. The summed E-state index contributed by atoms with van der Waals surface area (Å²) in [4.78, 5) is 9.97. The Kier molecular flexibility index (Phi) is 2.63. The van der Waals surface area contributed by atoms with Crippen molar-refractivity contribution >= 4 is 17.8 Å². The van der Waals surface area contributed by atoms with E-state index in [1.54, 1.807) is 23.0 Å². The van der Waals surface area contributed by atoms with E-state index in [9.17, 15) is 15.2 Å². The number of benzene rings is 1. The summed E-state index contributed by atoms with van der Waals surface area (Å²) in [5, 5.41) is 25.0. The highest BCUT2D eigenvalue weighted by molar-refractivity contribution is 5.77. The van der Waals surface area contributed by atoms with Crippen LogP contribution in [0.5, 0.6) is 0 Å². The number of nitrogens with zero attached hydrogens (tertiary/aromatic N) is 3. The zero-order valence-electron chi connectivity index (χ0n) is 8.37. The lowest BCUT2D eigenvalue weighted by molar-refractivity contribution is -0.519. The number of hydrogen-bond donors (Lipinski definition) is 0. The van der Waals surface area contributed by atoms with Gasteiger partial charge in [0.2, 0.25) is 6.21 Å². The van der Waals surface area contributed by atoms with Gasteiger partial charge in [0.15, 0.2) is 6.54 Å². The summed E-state index contributed by atoms with van der Waals surface area (Å²) >= 11 is 0. The molecule has 0 aromatic heterocycles. The van der Waals surface area contributed by atoms with Crippen molar-refractivity contribution in [3.05, 3.63) is 39.9 Å². The second-order valence-electron chi connectivity index (χ2n) is 3.38. The first-order chi connectivity index (χ1) is 7.65. The Hall–Kier alpha value is -2.24. The molecule has 0 saturated heterocycles. The van der Waals surface area contributed by atoms with Crippen molar-refractivity contribution in [2.24, 2.45) is 5.10 Å². The number of nitro benzene ring substituents is 1. The largest absolute Gasteiger partial charge is 0.857 e. The highest BCUT2D eigenvalue weighted by Gasteiger charge is 2.11. The molecule has 0 N–H and O–H groups in total. The van der Waals surface area contributed by atoms with Gasteiger partial charge < -0.3 is 5.11 Å². The lowest BCUT2D eigenvalue weighted by Gasteiger charge is -1.91. The molecule has 0 fully saturated rings. The van der Waals surface area contributed by atoms with E-state index < -0.39 is 4.92 Å². The van der Waals surface area contributed by atoms with E-state index in [1.165, 1.54) is 12.1 Å². The second-order valence-corrected chi connectivity index (χ2v) is 3.38. The van der Waals surface area contributed by atoms with Gasteiger partial charge in [-0.3, -0.25) is 10.1 Å². The first kappa shape index (κ1) is 10.3. The molecule has 0 amide bonds. The van der Waals surface area contributed by atoms with Crippen molar-refractivity contribution in [2.75, 3.05) is 6.54 Å². The van der Waals surface area contributed by atoms with Crippen molar-refractivity contribution < 1.29 is 14.7 Å². The molecule has 0 atom stereocenters. The maximum Gasteiger partial charge on any atom is 0.269 e. The lowest BCUT2D eigenvalue weighted by Crippen LogP contribution is -2.13. The van der Waals surface area contributed by atoms with Crippen LogP contribution >= 0.6 is 0 Å². The fraction of sp³-hybridized carbons (Fsp3) is 0.200. The fourth-order valence-electron chi connectivity index (χ4n) is 1.40. The average Bonchev–Trinajstić information content (AvgIpc) is 2.65. The van der Waals surface area contributed by atoms with E-state index in [2.05, 4.69) is 5.10 Å². The molecule has 16 heavy (non-hydrogen) atoms. The maximum absolute atomic E-state index is 10.9. The number of rotatable bonds is 2. The Balaban J connectivity index is 2.20. The number of hydrazone groups is 1. The van der Waals surface area contributed by atoms with E-state index in [0.717, 1.165) is 5.56 Å². The Labute approximate surface area is 91.3 Å². The lowest BCUT2D eigenvalue weighted by atomic mass is 10.2. The van der Waals surface area contributed by atoms with Crippen molar-refractivity contribution in [3.8, 4) is 0 Å². The first-order valence-corrected chi connectivity index (χ1v) is 4.75.